The number of carbonyl (C=O) groups is 2. The molecule has 0 spiro atoms. The van der Waals surface area contributed by atoms with Gasteiger partial charge in [-0.25, -0.2) is 9.86 Å². The van der Waals surface area contributed by atoms with E-state index >= 15 is 0 Å². The molecule has 0 aromatic heterocycles. The first kappa shape index (κ1) is 23.9. The highest BCUT2D eigenvalue weighted by atomic mass is 16.7. The van der Waals surface area contributed by atoms with E-state index in [2.05, 4.69) is 5.32 Å². The fourth-order valence-corrected chi connectivity index (χ4v) is 2.46. The Morgan fingerprint density at radius 3 is 2.25 bits per heavy atom. The summed E-state index contributed by atoms with van der Waals surface area (Å²) in [6, 6.07) is 8.80. The second-order valence-corrected chi connectivity index (χ2v) is 7.35. The number of nitrogens with zero attached hydrogens (tertiary/aromatic N) is 1. The van der Waals surface area contributed by atoms with Crippen LogP contribution in [0.3, 0.4) is 0 Å². The molecule has 3 atom stereocenters. The van der Waals surface area contributed by atoms with Crippen LogP contribution in [-0.2, 0) is 30.4 Å². The van der Waals surface area contributed by atoms with Gasteiger partial charge in [0.15, 0.2) is 6.10 Å². The monoisotopic (exact) mass is 396 g/mol. The van der Waals surface area contributed by atoms with Gasteiger partial charge in [0.25, 0.3) is 5.91 Å². The number of methoxy groups -OCH3 is 1. The number of hydrogen-bond donors (Lipinski definition) is 1. The average molecular weight is 396 g/mol. The molecule has 0 aliphatic rings. The Bertz CT molecular complexity index is 617. The predicted molar refractivity (Wildman–Crippen MR) is 104 cm³/mol. The van der Waals surface area contributed by atoms with Gasteiger partial charge in [0.05, 0.1) is 25.9 Å². The molecule has 0 radical (unpaired) electrons. The third-order valence-corrected chi connectivity index (χ3v) is 3.95. The summed E-state index contributed by atoms with van der Waals surface area (Å²) >= 11 is 0. The van der Waals surface area contributed by atoms with E-state index in [1.807, 2.05) is 30.3 Å². The largest absolute Gasteiger partial charge is 0.444 e. The summed E-state index contributed by atoms with van der Waals surface area (Å²) in [4.78, 5) is 29.9. The molecule has 8 nitrogen and oxygen atoms in total. The smallest absolute Gasteiger partial charge is 0.408 e. The van der Waals surface area contributed by atoms with Crippen molar-refractivity contribution >= 4 is 12.0 Å². The predicted octanol–water partition coefficient (Wildman–Crippen LogP) is 2.52. The first-order valence-electron chi connectivity index (χ1n) is 9.08. The zero-order valence-corrected chi connectivity index (χ0v) is 17.7. The molecular formula is C20H32N2O6. The number of hydrogen-bond acceptors (Lipinski definition) is 6. The summed E-state index contributed by atoms with van der Waals surface area (Å²) in [7, 11) is 4.23. The fraction of sp³-hybridized carbons (Fsp3) is 0.600. The molecule has 0 aliphatic heterocycles. The first-order chi connectivity index (χ1) is 13.1. The van der Waals surface area contributed by atoms with Crippen molar-refractivity contribution in [2.45, 2.75) is 58.2 Å². The maximum Gasteiger partial charge on any atom is 0.408 e. The lowest BCUT2D eigenvalue weighted by molar-refractivity contribution is -0.183. The highest BCUT2D eigenvalue weighted by Crippen LogP contribution is 2.15. The van der Waals surface area contributed by atoms with Crippen LogP contribution in [0.5, 0.6) is 0 Å². The Morgan fingerprint density at radius 1 is 1.14 bits per heavy atom. The van der Waals surface area contributed by atoms with Crippen LogP contribution in [0.1, 0.15) is 33.3 Å². The minimum Gasteiger partial charge on any atom is -0.444 e. The van der Waals surface area contributed by atoms with Gasteiger partial charge in [-0.3, -0.25) is 9.63 Å². The van der Waals surface area contributed by atoms with Crippen molar-refractivity contribution in [2.75, 3.05) is 21.3 Å². The minimum absolute atomic E-state index is 0.319. The standard InChI is InChI=1S/C20H32N2O6/c1-14(27-13-15-11-9-8-10-12-15)16(21-19(24)28-20(2,3)4)17(25-6)18(23)22(5)26-7/h8-12,14,16-17H,13H2,1-7H3,(H,21,24)/t14-,16-,17?/m1/s1. The molecule has 1 aromatic carbocycles. The molecule has 1 aromatic rings. The van der Waals surface area contributed by atoms with Crippen LogP contribution in [-0.4, -0.2) is 62.2 Å². The third-order valence-electron chi connectivity index (χ3n) is 3.95. The summed E-state index contributed by atoms with van der Waals surface area (Å²) in [5.41, 5.74) is 0.290. The number of likely N-dealkylation sites (N-methyl/N-ethyl adjacent to an activating group) is 1. The first-order valence-corrected chi connectivity index (χ1v) is 9.08. The molecule has 1 unspecified atom stereocenters. The highest BCUT2D eigenvalue weighted by Gasteiger charge is 2.37. The van der Waals surface area contributed by atoms with Crippen LogP contribution >= 0.6 is 0 Å². The van der Waals surface area contributed by atoms with Crippen LogP contribution in [0.25, 0.3) is 0 Å². The van der Waals surface area contributed by atoms with Crippen LogP contribution in [0.15, 0.2) is 30.3 Å². The van der Waals surface area contributed by atoms with Crippen molar-refractivity contribution in [1.29, 1.82) is 0 Å². The number of alkyl carbamates (subject to hydrolysis) is 1. The Labute approximate surface area is 167 Å². The second kappa shape index (κ2) is 11.0. The van der Waals surface area contributed by atoms with E-state index in [1.54, 1.807) is 27.7 Å². The van der Waals surface area contributed by atoms with Gasteiger partial charge in [0, 0.05) is 14.2 Å². The van der Waals surface area contributed by atoms with E-state index in [0.717, 1.165) is 10.6 Å². The van der Waals surface area contributed by atoms with Gasteiger partial charge >= 0.3 is 6.09 Å². The molecule has 1 rings (SSSR count). The molecule has 0 fully saturated rings. The van der Waals surface area contributed by atoms with E-state index in [0.29, 0.717) is 6.61 Å². The van der Waals surface area contributed by atoms with E-state index in [-0.39, 0.29) is 0 Å². The van der Waals surface area contributed by atoms with Crippen molar-refractivity contribution in [2.24, 2.45) is 0 Å². The van der Waals surface area contributed by atoms with Crippen LogP contribution in [0.2, 0.25) is 0 Å². The summed E-state index contributed by atoms with van der Waals surface area (Å²) in [6.07, 6.45) is -2.24. The maximum absolute atomic E-state index is 12.6. The van der Waals surface area contributed by atoms with Crippen molar-refractivity contribution < 1.29 is 28.6 Å². The Kier molecular flexibility index (Phi) is 9.37. The van der Waals surface area contributed by atoms with Crippen LogP contribution in [0.4, 0.5) is 4.79 Å². The summed E-state index contributed by atoms with van der Waals surface area (Å²) < 4.78 is 16.6. The number of ether oxygens (including phenoxy) is 3. The molecule has 158 valence electrons. The highest BCUT2D eigenvalue weighted by molar-refractivity contribution is 5.81. The number of benzene rings is 1. The van der Waals surface area contributed by atoms with Crippen molar-refractivity contribution in [3.63, 3.8) is 0 Å². The van der Waals surface area contributed by atoms with Crippen LogP contribution in [0, 0.1) is 0 Å². The summed E-state index contributed by atoms with van der Waals surface area (Å²) in [5.74, 6) is -0.457. The van der Waals surface area contributed by atoms with Gasteiger partial charge in [0.2, 0.25) is 0 Å². The number of rotatable bonds is 9. The van der Waals surface area contributed by atoms with Gasteiger partial charge < -0.3 is 19.5 Å². The maximum atomic E-state index is 12.6. The average Bonchev–Trinajstić information content (AvgIpc) is 2.64. The number of hydroxylamine groups is 2. The van der Waals surface area contributed by atoms with Crippen molar-refractivity contribution in [3.8, 4) is 0 Å². The van der Waals surface area contributed by atoms with E-state index in [4.69, 9.17) is 19.0 Å². The van der Waals surface area contributed by atoms with Gasteiger partial charge in [0.1, 0.15) is 5.60 Å². The van der Waals surface area contributed by atoms with Gasteiger partial charge in [-0.15, -0.1) is 0 Å². The molecule has 1 N–H and O–H groups in total. The Morgan fingerprint density at radius 2 is 1.75 bits per heavy atom. The van der Waals surface area contributed by atoms with Gasteiger partial charge in [-0.2, -0.15) is 0 Å². The fourth-order valence-electron chi connectivity index (χ4n) is 2.46. The van der Waals surface area contributed by atoms with Gasteiger partial charge in [-0.05, 0) is 33.3 Å². The number of carbonyl (C=O) groups excluding carboxylic acids is 2. The SMILES string of the molecule is COC(C(=O)N(C)OC)[C@H](NC(=O)OC(C)(C)C)[C@@H](C)OCc1ccccc1. The number of nitrogens with one attached hydrogen (secondary N) is 1. The van der Waals surface area contributed by atoms with E-state index in [1.165, 1.54) is 21.3 Å². The lowest BCUT2D eigenvalue weighted by atomic mass is 10.0. The third kappa shape index (κ3) is 7.84. The van der Waals surface area contributed by atoms with E-state index < -0.39 is 35.9 Å². The van der Waals surface area contributed by atoms with Crippen molar-refractivity contribution in [1.82, 2.24) is 10.4 Å². The Hall–Kier alpha value is -2.16. The van der Waals surface area contributed by atoms with E-state index in [9.17, 15) is 9.59 Å². The summed E-state index contributed by atoms with van der Waals surface area (Å²) in [5, 5.41) is 3.75. The molecule has 0 saturated carbocycles. The molecule has 8 heteroatoms. The van der Waals surface area contributed by atoms with Crippen molar-refractivity contribution in [3.05, 3.63) is 35.9 Å². The number of amides is 2. The molecule has 0 heterocycles. The molecule has 0 bridgehead atoms. The molecule has 0 saturated heterocycles. The molecule has 28 heavy (non-hydrogen) atoms. The quantitative estimate of drug-likeness (QED) is 0.646. The van der Waals surface area contributed by atoms with Crippen LogP contribution < -0.4 is 5.32 Å². The zero-order chi connectivity index (χ0) is 21.3. The Balaban J connectivity index is 2.96. The topological polar surface area (TPSA) is 86.3 Å². The lowest BCUT2D eigenvalue weighted by Gasteiger charge is -2.33. The zero-order valence-electron chi connectivity index (χ0n) is 17.7. The normalized spacial score (nSPS) is 14.7. The second-order valence-electron chi connectivity index (χ2n) is 7.35. The minimum atomic E-state index is -1.02. The van der Waals surface area contributed by atoms with Gasteiger partial charge in [-0.1, -0.05) is 30.3 Å². The lowest BCUT2D eigenvalue weighted by Crippen LogP contribution is -2.57. The summed E-state index contributed by atoms with van der Waals surface area (Å²) in [6.45, 7) is 7.36. The molecule has 2 amide bonds. The molecular weight excluding hydrogens is 364 g/mol. The molecule has 0 aliphatic carbocycles.